The van der Waals surface area contributed by atoms with Crippen molar-refractivity contribution in [3.8, 4) is 0 Å². The summed E-state index contributed by atoms with van der Waals surface area (Å²) in [6.07, 6.45) is 1.53. The molecule has 2 N–H and O–H groups in total. The van der Waals surface area contributed by atoms with Crippen LogP contribution in [0.1, 0.15) is 18.5 Å². The number of imidazole rings is 1. The molecular weight excluding hydrogens is 334 g/mol. The summed E-state index contributed by atoms with van der Waals surface area (Å²) in [5.41, 5.74) is 2.24. The lowest BCUT2D eigenvalue weighted by Crippen LogP contribution is -2.28. The summed E-state index contributed by atoms with van der Waals surface area (Å²) >= 11 is 7.17. The molecule has 0 unspecified atom stereocenters. The van der Waals surface area contributed by atoms with Crippen molar-refractivity contribution < 1.29 is 4.79 Å². The number of amides is 1. The van der Waals surface area contributed by atoms with Gasteiger partial charge < -0.3 is 10.3 Å². The van der Waals surface area contributed by atoms with Crippen LogP contribution in [0.25, 0.3) is 11.2 Å². The highest BCUT2D eigenvalue weighted by Crippen LogP contribution is 2.24. The van der Waals surface area contributed by atoms with E-state index in [0.717, 1.165) is 5.56 Å². The van der Waals surface area contributed by atoms with E-state index in [4.69, 9.17) is 11.6 Å². The lowest BCUT2D eigenvalue weighted by atomic mass is 10.1. The van der Waals surface area contributed by atoms with Crippen LogP contribution in [0.4, 0.5) is 0 Å². The Balaban J connectivity index is 1.63. The SMILES string of the molecule is C[C@@H](NC(=O)CSc1nc(Cl)nc2nc[nH]c12)c1ccccc1. The van der Waals surface area contributed by atoms with Gasteiger partial charge in [0.15, 0.2) is 5.65 Å². The van der Waals surface area contributed by atoms with E-state index in [1.807, 2.05) is 37.3 Å². The lowest BCUT2D eigenvalue weighted by molar-refractivity contribution is -0.119. The summed E-state index contributed by atoms with van der Waals surface area (Å²) in [5.74, 6) is 0.160. The molecule has 0 saturated carbocycles. The fourth-order valence-electron chi connectivity index (χ4n) is 2.13. The van der Waals surface area contributed by atoms with Crippen LogP contribution >= 0.6 is 23.4 Å². The number of halogens is 1. The molecule has 0 aliphatic heterocycles. The van der Waals surface area contributed by atoms with E-state index in [0.29, 0.717) is 16.2 Å². The fraction of sp³-hybridized carbons (Fsp3) is 0.200. The molecule has 0 radical (unpaired) electrons. The number of hydrogen-bond donors (Lipinski definition) is 2. The van der Waals surface area contributed by atoms with Crippen LogP contribution in [0.5, 0.6) is 0 Å². The lowest BCUT2D eigenvalue weighted by Gasteiger charge is -2.14. The number of hydrogen-bond acceptors (Lipinski definition) is 5. The number of aromatic amines is 1. The van der Waals surface area contributed by atoms with E-state index in [9.17, 15) is 4.79 Å². The Morgan fingerprint density at radius 1 is 1.35 bits per heavy atom. The number of carbonyl (C=O) groups is 1. The molecule has 0 bridgehead atoms. The molecule has 1 aromatic carbocycles. The highest BCUT2D eigenvalue weighted by Gasteiger charge is 2.13. The van der Waals surface area contributed by atoms with Crippen molar-refractivity contribution in [3.05, 3.63) is 47.5 Å². The first-order chi connectivity index (χ1) is 11.1. The van der Waals surface area contributed by atoms with Crippen molar-refractivity contribution in [1.29, 1.82) is 0 Å². The fourth-order valence-corrected chi connectivity index (χ4v) is 3.14. The minimum absolute atomic E-state index is 0.0505. The third kappa shape index (κ3) is 3.80. The Labute approximate surface area is 142 Å². The Morgan fingerprint density at radius 2 is 2.13 bits per heavy atom. The summed E-state index contributed by atoms with van der Waals surface area (Å²) in [5, 5.41) is 3.69. The normalized spacial score (nSPS) is 12.3. The second kappa shape index (κ2) is 6.97. The predicted octanol–water partition coefficient (Wildman–Crippen LogP) is 2.98. The van der Waals surface area contributed by atoms with Crippen LogP contribution in [0.3, 0.4) is 0 Å². The Bertz CT molecular complexity index is 823. The zero-order valence-corrected chi connectivity index (χ0v) is 13.9. The number of fused-ring (bicyclic) bond motifs is 1. The third-order valence-electron chi connectivity index (χ3n) is 3.24. The maximum Gasteiger partial charge on any atom is 0.230 e. The summed E-state index contributed by atoms with van der Waals surface area (Å²) in [4.78, 5) is 27.3. The molecule has 23 heavy (non-hydrogen) atoms. The maximum atomic E-state index is 12.1. The summed E-state index contributed by atoms with van der Waals surface area (Å²) in [6.45, 7) is 1.95. The van der Waals surface area contributed by atoms with E-state index in [2.05, 4.69) is 25.3 Å². The van der Waals surface area contributed by atoms with Gasteiger partial charge in [0.25, 0.3) is 0 Å². The quantitative estimate of drug-likeness (QED) is 0.421. The van der Waals surface area contributed by atoms with Gasteiger partial charge >= 0.3 is 0 Å². The Kier molecular flexibility index (Phi) is 4.78. The highest BCUT2D eigenvalue weighted by molar-refractivity contribution is 8.00. The van der Waals surface area contributed by atoms with Gasteiger partial charge in [-0.3, -0.25) is 4.79 Å². The molecule has 0 fully saturated rings. The van der Waals surface area contributed by atoms with Crippen LogP contribution in [0, 0.1) is 0 Å². The molecule has 1 amide bonds. The van der Waals surface area contributed by atoms with Crippen LogP contribution in [-0.2, 0) is 4.79 Å². The molecule has 0 spiro atoms. The molecule has 0 saturated heterocycles. The number of nitrogens with zero attached hydrogens (tertiary/aromatic N) is 3. The van der Waals surface area contributed by atoms with Crippen molar-refractivity contribution in [3.63, 3.8) is 0 Å². The molecule has 2 heterocycles. The van der Waals surface area contributed by atoms with Gasteiger partial charge in [-0.2, -0.15) is 4.98 Å². The zero-order chi connectivity index (χ0) is 16.2. The first-order valence-corrected chi connectivity index (χ1v) is 8.33. The van der Waals surface area contributed by atoms with Crippen LogP contribution in [0.2, 0.25) is 5.28 Å². The van der Waals surface area contributed by atoms with Crippen molar-refractivity contribution in [2.75, 3.05) is 5.75 Å². The summed E-state index contributed by atoms with van der Waals surface area (Å²) in [7, 11) is 0. The zero-order valence-electron chi connectivity index (χ0n) is 12.3. The summed E-state index contributed by atoms with van der Waals surface area (Å²) < 4.78 is 0. The van der Waals surface area contributed by atoms with E-state index >= 15 is 0 Å². The van der Waals surface area contributed by atoms with Crippen LogP contribution < -0.4 is 5.32 Å². The monoisotopic (exact) mass is 347 g/mol. The predicted molar refractivity (Wildman–Crippen MR) is 90.4 cm³/mol. The molecule has 8 heteroatoms. The topological polar surface area (TPSA) is 83.6 Å². The van der Waals surface area contributed by atoms with Gasteiger partial charge in [-0.1, -0.05) is 42.1 Å². The smallest absolute Gasteiger partial charge is 0.230 e. The van der Waals surface area contributed by atoms with Crippen molar-refractivity contribution >= 4 is 40.4 Å². The standard InChI is InChI=1S/C15H14ClN5OS/c1-9(10-5-3-2-4-6-10)19-11(22)7-23-14-12-13(18-8-17-12)20-15(16)21-14/h2-6,8-9H,7H2,1H3,(H,19,22)(H,17,18,20,21)/t9-/m1/s1. The number of aromatic nitrogens is 4. The van der Waals surface area contributed by atoms with Gasteiger partial charge in [-0.15, -0.1) is 0 Å². The van der Waals surface area contributed by atoms with Gasteiger partial charge in [0.2, 0.25) is 11.2 Å². The second-order valence-electron chi connectivity index (χ2n) is 4.89. The van der Waals surface area contributed by atoms with Gasteiger partial charge in [0.05, 0.1) is 18.1 Å². The van der Waals surface area contributed by atoms with Gasteiger partial charge in [0.1, 0.15) is 10.5 Å². The average molecular weight is 348 g/mol. The molecule has 1 atom stereocenters. The number of rotatable bonds is 5. The number of benzene rings is 1. The second-order valence-corrected chi connectivity index (χ2v) is 6.19. The molecule has 2 aromatic heterocycles. The molecule has 6 nitrogen and oxygen atoms in total. The van der Waals surface area contributed by atoms with Gasteiger partial charge in [-0.25, -0.2) is 9.97 Å². The number of nitrogens with one attached hydrogen (secondary N) is 2. The van der Waals surface area contributed by atoms with E-state index in [1.54, 1.807) is 0 Å². The minimum atomic E-state index is -0.0752. The van der Waals surface area contributed by atoms with Crippen LogP contribution in [0.15, 0.2) is 41.7 Å². The minimum Gasteiger partial charge on any atom is -0.349 e. The van der Waals surface area contributed by atoms with Gasteiger partial charge in [-0.05, 0) is 24.1 Å². The molecule has 0 aliphatic rings. The largest absolute Gasteiger partial charge is 0.349 e. The Hall–Kier alpha value is -2.12. The first-order valence-electron chi connectivity index (χ1n) is 6.97. The van der Waals surface area contributed by atoms with Crippen molar-refractivity contribution in [1.82, 2.24) is 25.3 Å². The number of H-pyrrole nitrogens is 1. The number of carbonyl (C=O) groups excluding carboxylic acids is 1. The molecule has 0 aliphatic carbocycles. The molecule has 118 valence electrons. The van der Waals surface area contributed by atoms with Gasteiger partial charge in [0, 0.05) is 0 Å². The molecule has 3 rings (SSSR count). The Morgan fingerprint density at radius 3 is 2.91 bits per heavy atom. The first kappa shape index (κ1) is 15.8. The highest BCUT2D eigenvalue weighted by atomic mass is 35.5. The van der Waals surface area contributed by atoms with Crippen molar-refractivity contribution in [2.24, 2.45) is 0 Å². The van der Waals surface area contributed by atoms with E-state index in [1.165, 1.54) is 18.1 Å². The maximum absolute atomic E-state index is 12.1. The molecular formula is C15H14ClN5OS. The van der Waals surface area contributed by atoms with Crippen LogP contribution in [-0.4, -0.2) is 31.6 Å². The van der Waals surface area contributed by atoms with E-state index < -0.39 is 0 Å². The average Bonchev–Trinajstić information content (AvgIpc) is 3.01. The summed E-state index contributed by atoms with van der Waals surface area (Å²) in [6, 6.07) is 9.76. The molecule has 3 aromatic rings. The third-order valence-corrected chi connectivity index (χ3v) is 4.39. The number of thioether (sulfide) groups is 1. The van der Waals surface area contributed by atoms with Crippen molar-refractivity contribution in [2.45, 2.75) is 18.0 Å². The van der Waals surface area contributed by atoms with E-state index in [-0.39, 0.29) is 23.0 Å².